The lowest BCUT2D eigenvalue weighted by molar-refractivity contribution is 0.318. The molecule has 0 atom stereocenters. The standard InChI is InChI=1S/C12H10FN3O2/c13-8-2-1-3-9(6-8)18-11-7-15-5-4-10(11)12(14)16-17/h1-7,17H,(H2,14,16). The number of hydrogen-bond donors (Lipinski definition) is 2. The Morgan fingerprint density at radius 2 is 2.22 bits per heavy atom. The molecule has 0 saturated carbocycles. The fourth-order valence-electron chi connectivity index (χ4n) is 1.38. The summed E-state index contributed by atoms with van der Waals surface area (Å²) >= 11 is 0. The van der Waals surface area contributed by atoms with E-state index in [1.165, 1.54) is 36.7 Å². The van der Waals surface area contributed by atoms with Gasteiger partial charge < -0.3 is 15.7 Å². The van der Waals surface area contributed by atoms with Gasteiger partial charge in [-0.05, 0) is 18.2 Å². The van der Waals surface area contributed by atoms with Crippen LogP contribution in [0.4, 0.5) is 4.39 Å². The predicted molar refractivity (Wildman–Crippen MR) is 63.2 cm³/mol. The van der Waals surface area contributed by atoms with E-state index in [0.29, 0.717) is 11.3 Å². The highest BCUT2D eigenvalue weighted by molar-refractivity contribution is 5.99. The SMILES string of the molecule is N/C(=N/O)c1ccncc1Oc1cccc(F)c1. The summed E-state index contributed by atoms with van der Waals surface area (Å²) < 4.78 is 18.4. The van der Waals surface area contributed by atoms with Crippen LogP contribution in [-0.4, -0.2) is 16.0 Å². The van der Waals surface area contributed by atoms with E-state index in [0.717, 1.165) is 0 Å². The molecular formula is C12H10FN3O2. The molecule has 1 heterocycles. The number of hydrogen-bond acceptors (Lipinski definition) is 4. The molecule has 2 aromatic rings. The number of nitrogens with zero attached hydrogens (tertiary/aromatic N) is 2. The highest BCUT2D eigenvalue weighted by Crippen LogP contribution is 2.24. The van der Waals surface area contributed by atoms with Gasteiger partial charge in [-0.25, -0.2) is 4.39 Å². The van der Waals surface area contributed by atoms with Crippen LogP contribution in [0.3, 0.4) is 0 Å². The first-order valence-corrected chi connectivity index (χ1v) is 5.06. The zero-order valence-electron chi connectivity index (χ0n) is 9.25. The van der Waals surface area contributed by atoms with E-state index in [1.807, 2.05) is 0 Å². The van der Waals surface area contributed by atoms with Crippen molar-refractivity contribution in [2.45, 2.75) is 0 Å². The van der Waals surface area contributed by atoms with E-state index < -0.39 is 5.82 Å². The molecule has 92 valence electrons. The number of nitrogens with two attached hydrogens (primary N) is 1. The zero-order chi connectivity index (χ0) is 13.0. The van der Waals surface area contributed by atoms with Gasteiger partial charge in [0.25, 0.3) is 0 Å². The first-order valence-electron chi connectivity index (χ1n) is 5.06. The van der Waals surface area contributed by atoms with E-state index in [9.17, 15) is 4.39 Å². The van der Waals surface area contributed by atoms with Gasteiger partial charge in [-0.2, -0.15) is 0 Å². The molecule has 0 aliphatic carbocycles. The minimum absolute atomic E-state index is 0.108. The molecule has 18 heavy (non-hydrogen) atoms. The monoisotopic (exact) mass is 247 g/mol. The van der Waals surface area contributed by atoms with E-state index >= 15 is 0 Å². The van der Waals surface area contributed by atoms with Crippen LogP contribution in [0, 0.1) is 5.82 Å². The average Bonchev–Trinajstić information content (AvgIpc) is 2.38. The number of amidine groups is 1. The van der Waals surface area contributed by atoms with Gasteiger partial charge in [-0.1, -0.05) is 11.2 Å². The molecule has 1 aromatic carbocycles. The van der Waals surface area contributed by atoms with E-state index in [-0.39, 0.29) is 11.6 Å². The topological polar surface area (TPSA) is 80.7 Å². The van der Waals surface area contributed by atoms with Crippen molar-refractivity contribution in [1.82, 2.24) is 4.98 Å². The number of rotatable bonds is 3. The molecule has 2 rings (SSSR count). The van der Waals surface area contributed by atoms with Crippen molar-refractivity contribution in [2.75, 3.05) is 0 Å². The fourth-order valence-corrected chi connectivity index (χ4v) is 1.38. The van der Waals surface area contributed by atoms with E-state index in [1.54, 1.807) is 6.07 Å². The Morgan fingerprint density at radius 1 is 1.39 bits per heavy atom. The summed E-state index contributed by atoms with van der Waals surface area (Å²) in [5.41, 5.74) is 5.87. The first kappa shape index (κ1) is 11.8. The average molecular weight is 247 g/mol. The Bertz CT molecular complexity index is 587. The van der Waals surface area contributed by atoms with Crippen molar-refractivity contribution < 1.29 is 14.3 Å². The summed E-state index contributed by atoms with van der Waals surface area (Å²) in [5, 5.41) is 11.5. The maximum absolute atomic E-state index is 13.0. The molecule has 0 aliphatic rings. The summed E-state index contributed by atoms with van der Waals surface area (Å²) in [6.45, 7) is 0. The zero-order valence-corrected chi connectivity index (χ0v) is 9.25. The molecule has 0 unspecified atom stereocenters. The largest absolute Gasteiger partial charge is 0.455 e. The van der Waals surface area contributed by atoms with Gasteiger partial charge in [-0.3, -0.25) is 4.98 Å². The van der Waals surface area contributed by atoms with Crippen molar-refractivity contribution in [1.29, 1.82) is 0 Å². The lowest BCUT2D eigenvalue weighted by atomic mass is 10.2. The Kier molecular flexibility index (Phi) is 3.38. The fraction of sp³-hybridized carbons (Fsp3) is 0. The van der Waals surface area contributed by atoms with Crippen LogP contribution in [0.15, 0.2) is 47.9 Å². The molecule has 0 aliphatic heterocycles. The summed E-state index contributed by atoms with van der Waals surface area (Å²) in [7, 11) is 0. The maximum atomic E-state index is 13.0. The Hall–Kier alpha value is -2.63. The summed E-state index contributed by atoms with van der Waals surface area (Å²) in [6, 6.07) is 7.17. The normalized spacial score (nSPS) is 11.3. The molecule has 6 heteroatoms. The molecule has 0 amide bonds. The minimum Gasteiger partial charge on any atom is -0.455 e. The van der Waals surface area contributed by atoms with Crippen LogP contribution in [0.25, 0.3) is 0 Å². The summed E-state index contributed by atoms with van der Waals surface area (Å²) in [6.07, 6.45) is 2.88. The van der Waals surface area contributed by atoms with Gasteiger partial charge in [0.05, 0.1) is 11.8 Å². The highest BCUT2D eigenvalue weighted by atomic mass is 19.1. The van der Waals surface area contributed by atoms with Crippen molar-refractivity contribution in [3.63, 3.8) is 0 Å². The number of ether oxygens (including phenoxy) is 1. The van der Waals surface area contributed by atoms with Gasteiger partial charge in [0.15, 0.2) is 11.6 Å². The van der Waals surface area contributed by atoms with Crippen molar-refractivity contribution in [3.05, 3.63) is 54.1 Å². The van der Waals surface area contributed by atoms with Gasteiger partial charge in [-0.15, -0.1) is 0 Å². The second-order valence-corrected chi connectivity index (χ2v) is 3.42. The van der Waals surface area contributed by atoms with Gasteiger partial charge in [0.1, 0.15) is 11.6 Å². The Labute approximate surface area is 102 Å². The van der Waals surface area contributed by atoms with Crippen LogP contribution >= 0.6 is 0 Å². The minimum atomic E-state index is -0.415. The molecule has 0 bridgehead atoms. The van der Waals surface area contributed by atoms with Crippen LogP contribution < -0.4 is 10.5 Å². The molecule has 0 spiro atoms. The third-order valence-electron chi connectivity index (χ3n) is 2.19. The third-order valence-corrected chi connectivity index (χ3v) is 2.19. The number of oxime groups is 1. The molecule has 5 nitrogen and oxygen atoms in total. The molecular weight excluding hydrogens is 237 g/mol. The van der Waals surface area contributed by atoms with Crippen LogP contribution in [0.1, 0.15) is 5.56 Å². The maximum Gasteiger partial charge on any atom is 0.173 e. The van der Waals surface area contributed by atoms with E-state index in [4.69, 9.17) is 15.7 Å². The first-order chi connectivity index (χ1) is 8.70. The lowest BCUT2D eigenvalue weighted by Gasteiger charge is -2.09. The van der Waals surface area contributed by atoms with Crippen molar-refractivity contribution in [3.8, 4) is 11.5 Å². The Balaban J connectivity index is 2.35. The highest BCUT2D eigenvalue weighted by Gasteiger charge is 2.09. The molecule has 0 saturated heterocycles. The summed E-state index contributed by atoms with van der Waals surface area (Å²) in [5.74, 6) is 0.0546. The number of halogens is 1. The smallest absolute Gasteiger partial charge is 0.173 e. The van der Waals surface area contributed by atoms with Gasteiger partial charge in [0, 0.05) is 12.3 Å². The van der Waals surface area contributed by atoms with Gasteiger partial charge in [0.2, 0.25) is 0 Å². The van der Waals surface area contributed by atoms with Crippen LogP contribution in [0.2, 0.25) is 0 Å². The second kappa shape index (κ2) is 5.13. The molecule has 1 aromatic heterocycles. The predicted octanol–water partition coefficient (Wildman–Crippen LogP) is 2.11. The van der Waals surface area contributed by atoms with E-state index in [2.05, 4.69) is 10.1 Å². The molecule has 0 fully saturated rings. The molecule has 3 N–H and O–H groups in total. The number of aromatic nitrogens is 1. The van der Waals surface area contributed by atoms with Crippen molar-refractivity contribution in [2.24, 2.45) is 10.9 Å². The second-order valence-electron chi connectivity index (χ2n) is 3.42. The Morgan fingerprint density at radius 3 is 2.94 bits per heavy atom. The van der Waals surface area contributed by atoms with Crippen LogP contribution in [-0.2, 0) is 0 Å². The third kappa shape index (κ3) is 2.54. The quantitative estimate of drug-likeness (QED) is 0.376. The number of pyridine rings is 1. The van der Waals surface area contributed by atoms with Gasteiger partial charge >= 0.3 is 0 Å². The van der Waals surface area contributed by atoms with Crippen LogP contribution in [0.5, 0.6) is 11.5 Å². The number of benzene rings is 1. The summed E-state index contributed by atoms with van der Waals surface area (Å²) in [4.78, 5) is 3.87. The lowest BCUT2D eigenvalue weighted by Crippen LogP contribution is -2.14. The van der Waals surface area contributed by atoms with Crippen molar-refractivity contribution >= 4 is 5.84 Å². The molecule has 0 radical (unpaired) electrons.